The van der Waals surface area contributed by atoms with Crippen LogP contribution in [0.5, 0.6) is 11.5 Å². The summed E-state index contributed by atoms with van der Waals surface area (Å²) in [6.45, 7) is 0. The van der Waals surface area contributed by atoms with Gasteiger partial charge in [-0.15, -0.1) is 0 Å². The Labute approximate surface area is 117 Å². The van der Waals surface area contributed by atoms with Crippen molar-refractivity contribution in [2.75, 3.05) is 0 Å². The van der Waals surface area contributed by atoms with E-state index in [-0.39, 0.29) is 22.1 Å². The highest BCUT2D eigenvalue weighted by atomic mass is 32.2. The molecule has 0 fully saturated rings. The van der Waals surface area contributed by atoms with E-state index in [0.717, 1.165) is 18.2 Å². The molecule has 0 saturated carbocycles. The van der Waals surface area contributed by atoms with Crippen LogP contribution in [0.25, 0.3) is 21.9 Å². The summed E-state index contributed by atoms with van der Waals surface area (Å²) in [4.78, 5) is 11.7. The fraction of sp³-hybridized carbons (Fsp3) is 0. The highest BCUT2D eigenvalue weighted by molar-refractivity contribution is 7.86. The third kappa shape index (κ3) is 2.01. The summed E-state index contributed by atoms with van der Waals surface area (Å²) < 4.78 is 37.1. The number of phenols is 2. The van der Waals surface area contributed by atoms with Crippen molar-refractivity contribution in [1.82, 2.24) is 0 Å². The van der Waals surface area contributed by atoms with E-state index in [4.69, 9.17) is 4.42 Å². The van der Waals surface area contributed by atoms with Gasteiger partial charge >= 0.3 is 0 Å². The second-order valence-electron chi connectivity index (χ2n) is 4.37. The van der Waals surface area contributed by atoms with E-state index in [1.165, 1.54) is 12.1 Å². The highest BCUT2D eigenvalue weighted by Gasteiger charge is 2.21. The SMILES string of the molecule is O=c1c2cc(O)ccc2oc2c(S(=O)(=O)O)ccc(O)c12. The Bertz CT molecular complexity index is 1050. The molecule has 0 spiro atoms. The van der Waals surface area contributed by atoms with Crippen LogP contribution in [-0.2, 0) is 10.1 Å². The van der Waals surface area contributed by atoms with Gasteiger partial charge in [-0.25, -0.2) is 0 Å². The number of fused-ring (bicyclic) bond motifs is 2. The van der Waals surface area contributed by atoms with E-state index in [1.807, 2.05) is 0 Å². The van der Waals surface area contributed by atoms with Gasteiger partial charge in [-0.1, -0.05) is 0 Å². The van der Waals surface area contributed by atoms with Gasteiger partial charge in [0.25, 0.3) is 10.1 Å². The molecule has 0 aliphatic heterocycles. The van der Waals surface area contributed by atoms with Crippen molar-refractivity contribution in [2.45, 2.75) is 4.90 Å². The molecule has 0 aliphatic rings. The summed E-state index contributed by atoms with van der Waals surface area (Å²) in [6.07, 6.45) is 0. The predicted molar refractivity (Wildman–Crippen MR) is 73.1 cm³/mol. The Hall–Kier alpha value is -2.58. The minimum Gasteiger partial charge on any atom is -0.508 e. The highest BCUT2D eigenvalue weighted by Crippen LogP contribution is 2.31. The smallest absolute Gasteiger partial charge is 0.298 e. The Morgan fingerprint density at radius 1 is 1.05 bits per heavy atom. The zero-order valence-corrected chi connectivity index (χ0v) is 11.1. The monoisotopic (exact) mass is 308 g/mol. The maximum Gasteiger partial charge on any atom is 0.298 e. The van der Waals surface area contributed by atoms with Gasteiger partial charge in [0.2, 0.25) is 5.43 Å². The summed E-state index contributed by atoms with van der Waals surface area (Å²) in [5.41, 5.74) is -1.15. The number of phenolic OH excluding ortho intramolecular Hbond substituents is 2. The van der Waals surface area contributed by atoms with Crippen LogP contribution in [0, 0.1) is 0 Å². The second kappa shape index (κ2) is 4.21. The van der Waals surface area contributed by atoms with E-state index in [1.54, 1.807) is 0 Å². The fourth-order valence-corrected chi connectivity index (χ4v) is 2.72. The molecule has 0 amide bonds. The maximum atomic E-state index is 12.3. The number of rotatable bonds is 1. The molecule has 3 rings (SSSR count). The third-order valence-corrected chi connectivity index (χ3v) is 3.90. The van der Waals surface area contributed by atoms with Crippen LogP contribution in [0.4, 0.5) is 0 Å². The zero-order valence-electron chi connectivity index (χ0n) is 10.3. The largest absolute Gasteiger partial charge is 0.508 e. The Kier molecular flexibility index (Phi) is 2.68. The molecule has 1 heterocycles. The molecule has 21 heavy (non-hydrogen) atoms. The summed E-state index contributed by atoms with van der Waals surface area (Å²) in [5.74, 6) is -0.670. The van der Waals surface area contributed by atoms with E-state index in [0.29, 0.717) is 0 Å². The maximum absolute atomic E-state index is 12.3. The van der Waals surface area contributed by atoms with Crippen LogP contribution in [0.2, 0.25) is 0 Å². The number of hydrogen-bond acceptors (Lipinski definition) is 6. The average molecular weight is 308 g/mol. The van der Waals surface area contributed by atoms with E-state index in [2.05, 4.69) is 0 Å². The summed E-state index contributed by atoms with van der Waals surface area (Å²) in [7, 11) is -4.63. The van der Waals surface area contributed by atoms with Crippen molar-refractivity contribution in [3.63, 3.8) is 0 Å². The van der Waals surface area contributed by atoms with Gasteiger partial charge < -0.3 is 14.6 Å². The first-order valence-corrected chi connectivity index (χ1v) is 7.12. The molecule has 0 radical (unpaired) electrons. The number of hydrogen-bond donors (Lipinski definition) is 3. The molecule has 0 bridgehead atoms. The van der Waals surface area contributed by atoms with Crippen molar-refractivity contribution >= 4 is 32.1 Å². The van der Waals surface area contributed by atoms with Gasteiger partial charge in [-0.3, -0.25) is 9.35 Å². The standard InChI is InChI=1S/C13H8O7S/c14-6-1-3-9-7(5-6)12(16)11-8(15)2-4-10(13(11)20-9)21(17,18)19/h1-5,14-15H,(H,17,18,19). The van der Waals surface area contributed by atoms with Crippen LogP contribution in [-0.4, -0.2) is 23.2 Å². The summed E-state index contributed by atoms with van der Waals surface area (Å²) in [5, 5.41) is 18.8. The van der Waals surface area contributed by atoms with Gasteiger partial charge in [0, 0.05) is 0 Å². The first-order valence-electron chi connectivity index (χ1n) is 5.68. The van der Waals surface area contributed by atoms with Gasteiger partial charge in [0.05, 0.1) is 5.39 Å². The third-order valence-electron chi connectivity index (χ3n) is 3.02. The van der Waals surface area contributed by atoms with Crippen molar-refractivity contribution in [1.29, 1.82) is 0 Å². The van der Waals surface area contributed by atoms with Gasteiger partial charge in [-0.2, -0.15) is 8.42 Å². The lowest BCUT2D eigenvalue weighted by Gasteiger charge is -2.06. The molecular weight excluding hydrogens is 300 g/mol. The topological polar surface area (TPSA) is 125 Å². The minimum atomic E-state index is -4.63. The molecule has 3 aromatic rings. The molecule has 3 N–H and O–H groups in total. The quantitative estimate of drug-likeness (QED) is 0.460. The van der Waals surface area contributed by atoms with Crippen molar-refractivity contribution in [3.05, 3.63) is 40.6 Å². The van der Waals surface area contributed by atoms with E-state index in [9.17, 15) is 28.0 Å². The van der Waals surface area contributed by atoms with Crippen molar-refractivity contribution in [2.24, 2.45) is 0 Å². The number of benzene rings is 2. The number of aromatic hydroxyl groups is 2. The lowest BCUT2D eigenvalue weighted by atomic mass is 10.1. The normalized spacial score (nSPS) is 12.0. The minimum absolute atomic E-state index is 0.0146. The van der Waals surface area contributed by atoms with Crippen LogP contribution < -0.4 is 5.43 Å². The molecule has 1 aromatic heterocycles. The molecule has 8 heteroatoms. The Balaban J connectivity index is 2.65. The lowest BCUT2D eigenvalue weighted by molar-refractivity contribution is 0.472. The van der Waals surface area contributed by atoms with E-state index < -0.39 is 31.8 Å². The molecule has 0 atom stereocenters. The Morgan fingerprint density at radius 3 is 2.43 bits per heavy atom. The lowest BCUT2D eigenvalue weighted by Crippen LogP contribution is -2.06. The molecule has 0 unspecified atom stereocenters. The van der Waals surface area contributed by atoms with Crippen LogP contribution in [0.3, 0.4) is 0 Å². The van der Waals surface area contributed by atoms with Gasteiger partial charge in [0.1, 0.15) is 27.4 Å². The van der Waals surface area contributed by atoms with Crippen molar-refractivity contribution in [3.8, 4) is 11.5 Å². The fourth-order valence-electron chi connectivity index (χ4n) is 2.11. The first-order chi connectivity index (χ1) is 9.79. The van der Waals surface area contributed by atoms with E-state index >= 15 is 0 Å². The predicted octanol–water partition coefficient (Wildman–Crippen LogP) is 1.60. The van der Waals surface area contributed by atoms with Gasteiger partial charge in [-0.05, 0) is 30.3 Å². The van der Waals surface area contributed by atoms with Crippen molar-refractivity contribution < 1.29 is 27.6 Å². The van der Waals surface area contributed by atoms with Crippen LogP contribution in [0.1, 0.15) is 0 Å². The Morgan fingerprint density at radius 2 is 1.76 bits per heavy atom. The molecular formula is C13H8O7S. The molecule has 0 saturated heterocycles. The first kappa shape index (κ1) is 13.4. The molecule has 7 nitrogen and oxygen atoms in total. The average Bonchev–Trinajstić information content (AvgIpc) is 2.38. The van der Waals surface area contributed by atoms with Crippen LogP contribution >= 0.6 is 0 Å². The second-order valence-corrected chi connectivity index (χ2v) is 5.76. The zero-order chi connectivity index (χ0) is 15.4. The van der Waals surface area contributed by atoms with Crippen LogP contribution in [0.15, 0.2) is 44.4 Å². The molecule has 108 valence electrons. The van der Waals surface area contributed by atoms with Gasteiger partial charge in [0.15, 0.2) is 5.58 Å². The molecule has 2 aromatic carbocycles. The molecule has 0 aliphatic carbocycles. The summed E-state index contributed by atoms with van der Waals surface area (Å²) >= 11 is 0. The summed E-state index contributed by atoms with van der Waals surface area (Å²) in [6, 6.07) is 5.58.